The maximum atomic E-state index is 12.8. The summed E-state index contributed by atoms with van der Waals surface area (Å²) < 4.78 is 18.0. The highest BCUT2D eigenvalue weighted by Gasteiger charge is 2.18. The van der Waals surface area contributed by atoms with E-state index in [0.29, 0.717) is 15.5 Å². The Kier molecular flexibility index (Phi) is 3.44. The topological polar surface area (TPSA) is 61.0 Å². The molecule has 0 amide bonds. The molecule has 1 atom stereocenters. The van der Waals surface area contributed by atoms with Gasteiger partial charge in [0.25, 0.3) is 0 Å². The summed E-state index contributed by atoms with van der Waals surface area (Å²) in [7, 11) is 1.60. The molecule has 5 heteroatoms. The van der Waals surface area contributed by atoms with Crippen LogP contribution in [0.3, 0.4) is 0 Å². The Labute approximate surface area is 136 Å². The first-order chi connectivity index (χ1) is 11.3. The molecule has 0 aliphatic rings. The minimum atomic E-state index is -1.30. The van der Waals surface area contributed by atoms with Crippen molar-refractivity contribution >= 4 is 33.1 Å². The van der Waals surface area contributed by atoms with Crippen molar-refractivity contribution in [2.75, 3.05) is 7.11 Å². The van der Waals surface area contributed by atoms with Crippen LogP contribution in [0.5, 0.6) is 5.75 Å². The van der Waals surface area contributed by atoms with Gasteiger partial charge in [-0.25, -0.2) is 4.98 Å². The Balaban J connectivity index is 1.82. The number of pyridine rings is 1. The maximum Gasteiger partial charge on any atom is 0.177 e. The first-order valence-corrected chi connectivity index (χ1v) is 8.33. The molecule has 114 valence electrons. The van der Waals surface area contributed by atoms with Crippen molar-refractivity contribution in [3.63, 3.8) is 0 Å². The Morgan fingerprint density at radius 3 is 2.74 bits per heavy atom. The maximum absolute atomic E-state index is 12.8. The quantitative estimate of drug-likeness (QED) is 0.582. The molecule has 2 aromatic heterocycles. The zero-order valence-corrected chi connectivity index (χ0v) is 13.3. The number of hydrogen-bond donors (Lipinski definition) is 1. The zero-order chi connectivity index (χ0) is 15.8. The Morgan fingerprint density at radius 2 is 1.87 bits per heavy atom. The van der Waals surface area contributed by atoms with Gasteiger partial charge in [0.1, 0.15) is 11.4 Å². The minimum absolute atomic E-state index is 0.676. The van der Waals surface area contributed by atoms with Crippen molar-refractivity contribution in [3.8, 4) is 5.75 Å². The molecule has 0 saturated heterocycles. The van der Waals surface area contributed by atoms with Gasteiger partial charge in [0.2, 0.25) is 0 Å². The number of methoxy groups -OCH3 is 1. The van der Waals surface area contributed by atoms with E-state index < -0.39 is 11.2 Å². The molecular weight excluding hydrogens is 308 g/mol. The number of benzene rings is 2. The van der Waals surface area contributed by atoms with Gasteiger partial charge in [-0.05, 0) is 18.2 Å². The molecule has 23 heavy (non-hydrogen) atoms. The summed E-state index contributed by atoms with van der Waals surface area (Å²) in [6.45, 7) is 0. The van der Waals surface area contributed by atoms with Crippen LogP contribution in [0, 0.1) is 0 Å². The number of fused-ring (bicyclic) bond motifs is 3. The lowest BCUT2D eigenvalue weighted by Crippen LogP contribution is -2.03. The van der Waals surface area contributed by atoms with Gasteiger partial charge in [0.05, 0.1) is 13.3 Å². The van der Waals surface area contributed by atoms with Crippen molar-refractivity contribution in [1.29, 1.82) is 0 Å². The summed E-state index contributed by atoms with van der Waals surface area (Å²) in [5.41, 5.74) is 1.83. The van der Waals surface area contributed by atoms with Crippen LogP contribution in [0.2, 0.25) is 0 Å². The summed E-state index contributed by atoms with van der Waals surface area (Å²) in [4.78, 5) is 9.08. The highest BCUT2D eigenvalue weighted by Crippen LogP contribution is 2.29. The molecule has 4 rings (SSSR count). The van der Waals surface area contributed by atoms with E-state index in [-0.39, 0.29) is 0 Å². The van der Waals surface area contributed by atoms with E-state index in [1.807, 2.05) is 48.5 Å². The highest BCUT2D eigenvalue weighted by atomic mass is 32.2. The lowest BCUT2D eigenvalue weighted by molar-refractivity contribution is 0.413. The number of nitrogens with zero attached hydrogens (tertiary/aromatic N) is 1. The normalized spacial score (nSPS) is 12.6. The van der Waals surface area contributed by atoms with Gasteiger partial charge in [0.15, 0.2) is 9.79 Å². The Morgan fingerprint density at radius 1 is 1.00 bits per heavy atom. The first kappa shape index (κ1) is 14.1. The Bertz CT molecular complexity index is 997. The zero-order valence-electron chi connectivity index (χ0n) is 12.4. The molecule has 0 saturated carbocycles. The van der Waals surface area contributed by atoms with Crippen LogP contribution in [0.15, 0.2) is 70.6 Å². The van der Waals surface area contributed by atoms with Crippen LogP contribution in [0.1, 0.15) is 0 Å². The number of aromatic amines is 1. The number of ether oxygens (including phenoxy) is 1. The summed E-state index contributed by atoms with van der Waals surface area (Å²) in [6.07, 6.45) is 1.66. The standard InChI is InChI=1S/C18H14N2O2S/c1-22-12-5-4-6-13(9-12)23(21)14-10-16-15-7-2-3-8-17(15)20-18(16)19-11-14/h2-11H,1H3,(H,19,20). The molecule has 0 bridgehead atoms. The summed E-state index contributed by atoms with van der Waals surface area (Å²) >= 11 is -1.30. The number of H-pyrrole nitrogens is 1. The van der Waals surface area contributed by atoms with Gasteiger partial charge in [-0.3, -0.25) is 0 Å². The van der Waals surface area contributed by atoms with E-state index in [1.54, 1.807) is 19.4 Å². The Hall–Kier alpha value is -2.50. The average Bonchev–Trinajstić information content (AvgIpc) is 2.99. The third kappa shape index (κ3) is 2.44. The lowest BCUT2D eigenvalue weighted by Gasteiger charge is -2.10. The van der Waals surface area contributed by atoms with E-state index in [1.165, 1.54) is 0 Å². The molecule has 4 nitrogen and oxygen atoms in total. The second-order valence-corrected chi connectivity index (χ2v) is 6.67. The molecular formula is C18H14N2O2S. The average molecular weight is 322 g/mol. The fourth-order valence-corrected chi connectivity index (χ4v) is 3.73. The van der Waals surface area contributed by atoms with Crippen LogP contribution < -0.4 is 4.74 Å². The second kappa shape index (κ2) is 5.61. The van der Waals surface area contributed by atoms with E-state index in [2.05, 4.69) is 9.97 Å². The van der Waals surface area contributed by atoms with Crippen molar-refractivity contribution in [2.24, 2.45) is 0 Å². The van der Waals surface area contributed by atoms with Crippen LogP contribution >= 0.6 is 0 Å². The van der Waals surface area contributed by atoms with E-state index in [4.69, 9.17) is 4.74 Å². The van der Waals surface area contributed by atoms with E-state index in [0.717, 1.165) is 21.9 Å². The number of aromatic nitrogens is 2. The smallest absolute Gasteiger partial charge is 0.177 e. The fraction of sp³-hybridized carbons (Fsp3) is 0.0556. The number of para-hydroxylation sites is 1. The lowest BCUT2D eigenvalue weighted by atomic mass is 10.2. The summed E-state index contributed by atoms with van der Waals surface area (Å²) in [5, 5.41) is 2.06. The molecule has 2 heterocycles. The van der Waals surface area contributed by atoms with Gasteiger partial charge in [0, 0.05) is 39.6 Å². The molecule has 0 fully saturated rings. The largest absolute Gasteiger partial charge is 0.606 e. The molecule has 1 N–H and O–H groups in total. The predicted octanol–water partition coefficient (Wildman–Crippen LogP) is 3.89. The van der Waals surface area contributed by atoms with Crippen molar-refractivity contribution in [1.82, 2.24) is 9.97 Å². The van der Waals surface area contributed by atoms with Crippen LogP contribution in [-0.4, -0.2) is 21.6 Å². The molecule has 0 radical (unpaired) electrons. The number of rotatable bonds is 3. The molecule has 0 aliphatic carbocycles. The number of hydrogen-bond acceptors (Lipinski definition) is 3. The van der Waals surface area contributed by atoms with Crippen molar-refractivity contribution < 1.29 is 9.29 Å². The van der Waals surface area contributed by atoms with Gasteiger partial charge in [-0.2, -0.15) is 0 Å². The van der Waals surface area contributed by atoms with Gasteiger partial charge < -0.3 is 14.3 Å². The van der Waals surface area contributed by atoms with Crippen molar-refractivity contribution in [2.45, 2.75) is 9.79 Å². The monoisotopic (exact) mass is 322 g/mol. The van der Waals surface area contributed by atoms with Crippen LogP contribution in [-0.2, 0) is 11.2 Å². The molecule has 0 spiro atoms. The first-order valence-electron chi connectivity index (χ1n) is 7.18. The van der Waals surface area contributed by atoms with E-state index in [9.17, 15) is 4.55 Å². The van der Waals surface area contributed by atoms with Gasteiger partial charge in [-0.15, -0.1) is 0 Å². The SMILES string of the molecule is COc1cccc([S+]([O-])c2cnc3[nH]c4ccccc4c3c2)c1. The van der Waals surface area contributed by atoms with Gasteiger partial charge in [-0.1, -0.05) is 24.3 Å². The summed E-state index contributed by atoms with van der Waals surface area (Å²) in [5.74, 6) is 0.692. The highest BCUT2D eigenvalue weighted by molar-refractivity contribution is 7.91. The van der Waals surface area contributed by atoms with Crippen molar-refractivity contribution in [3.05, 3.63) is 60.8 Å². The molecule has 0 aliphatic heterocycles. The second-order valence-electron chi connectivity index (χ2n) is 5.19. The third-order valence-electron chi connectivity index (χ3n) is 3.80. The predicted molar refractivity (Wildman–Crippen MR) is 91.3 cm³/mol. The third-order valence-corrected chi connectivity index (χ3v) is 5.14. The fourth-order valence-electron chi connectivity index (χ4n) is 2.66. The molecule has 1 unspecified atom stereocenters. The molecule has 4 aromatic rings. The number of nitrogens with one attached hydrogen (secondary N) is 1. The molecule has 2 aromatic carbocycles. The van der Waals surface area contributed by atoms with E-state index >= 15 is 0 Å². The van der Waals surface area contributed by atoms with Crippen LogP contribution in [0.4, 0.5) is 0 Å². The van der Waals surface area contributed by atoms with Gasteiger partial charge >= 0.3 is 0 Å². The van der Waals surface area contributed by atoms with Crippen LogP contribution in [0.25, 0.3) is 21.9 Å². The minimum Gasteiger partial charge on any atom is -0.606 e. The summed E-state index contributed by atoms with van der Waals surface area (Å²) in [6, 6.07) is 17.2.